The van der Waals surface area contributed by atoms with E-state index in [1.807, 2.05) is 6.07 Å². The van der Waals surface area contributed by atoms with Crippen LogP contribution in [0.25, 0.3) is 0 Å². The monoisotopic (exact) mass is 337 g/mol. The SMILES string of the molecule is CS(=O)(=O)N(CCC(=O)N1CCOCC1)c1cccc(C#N)c1. The predicted molar refractivity (Wildman–Crippen MR) is 85.4 cm³/mol. The molecule has 23 heavy (non-hydrogen) atoms. The Kier molecular flexibility index (Phi) is 5.58. The normalized spacial score (nSPS) is 15.0. The van der Waals surface area contributed by atoms with E-state index < -0.39 is 10.0 Å². The zero-order valence-electron chi connectivity index (χ0n) is 12.9. The molecule has 0 saturated carbocycles. The fourth-order valence-electron chi connectivity index (χ4n) is 2.39. The van der Waals surface area contributed by atoms with Crippen molar-refractivity contribution in [3.05, 3.63) is 29.8 Å². The van der Waals surface area contributed by atoms with E-state index in [1.54, 1.807) is 23.1 Å². The van der Waals surface area contributed by atoms with Gasteiger partial charge in [0.25, 0.3) is 0 Å². The number of anilines is 1. The van der Waals surface area contributed by atoms with Crippen molar-refractivity contribution in [2.75, 3.05) is 43.4 Å². The third-order valence-corrected chi connectivity index (χ3v) is 4.75. The first-order valence-corrected chi connectivity index (χ1v) is 9.10. The maximum Gasteiger partial charge on any atom is 0.232 e. The maximum absolute atomic E-state index is 12.2. The smallest absolute Gasteiger partial charge is 0.232 e. The molecule has 0 bridgehead atoms. The van der Waals surface area contributed by atoms with Gasteiger partial charge in [0.15, 0.2) is 0 Å². The van der Waals surface area contributed by atoms with Gasteiger partial charge in [0.05, 0.1) is 36.8 Å². The number of carbonyl (C=O) groups is 1. The molecular formula is C15H19N3O4S. The number of rotatable bonds is 5. The Morgan fingerprint density at radius 3 is 2.70 bits per heavy atom. The highest BCUT2D eigenvalue weighted by atomic mass is 32.2. The standard InChI is InChI=1S/C15H19N3O4S/c1-23(20,21)18(14-4-2-3-13(11-14)12-16)6-5-15(19)17-7-9-22-10-8-17/h2-4,11H,5-10H2,1H3. The molecule has 0 aliphatic carbocycles. The molecule has 1 heterocycles. The van der Waals surface area contributed by atoms with E-state index in [4.69, 9.17) is 10.00 Å². The first kappa shape index (κ1) is 17.2. The minimum absolute atomic E-state index is 0.0455. The lowest BCUT2D eigenvalue weighted by Crippen LogP contribution is -2.42. The summed E-state index contributed by atoms with van der Waals surface area (Å²) in [7, 11) is -3.54. The Bertz CT molecular complexity index is 706. The Labute approximate surface area is 136 Å². The van der Waals surface area contributed by atoms with Crippen LogP contribution in [0.4, 0.5) is 5.69 Å². The molecule has 124 valence electrons. The molecule has 2 rings (SSSR count). The van der Waals surface area contributed by atoms with Gasteiger partial charge in [-0.05, 0) is 18.2 Å². The topological polar surface area (TPSA) is 90.7 Å². The second-order valence-electron chi connectivity index (χ2n) is 5.24. The quantitative estimate of drug-likeness (QED) is 0.783. The molecule has 1 aromatic rings. The lowest BCUT2D eigenvalue weighted by Gasteiger charge is -2.28. The first-order valence-electron chi connectivity index (χ1n) is 7.25. The number of nitriles is 1. The van der Waals surface area contributed by atoms with Crippen LogP contribution in [-0.4, -0.2) is 58.3 Å². The fourth-order valence-corrected chi connectivity index (χ4v) is 3.30. The van der Waals surface area contributed by atoms with Gasteiger partial charge in [-0.3, -0.25) is 9.10 Å². The number of hydrogen-bond donors (Lipinski definition) is 0. The van der Waals surface area contributed by atoms with E-state index in [2.05, 4.69) is 0 Å². The number of sulfonamides is 1. The van der Waals surface area contributed by atoms with Crippen molar-refractivity contribution in [1.82, 2.24) is 4.90 Å². The minimum Gasteiger partial charge on any atom is -0.378 e. The van der Waals surface area contributed by atoms with Crippen molar-refractivity contribution in [3.8, 4) is 6.07 Å². The number of benzene rings is 1. The van der Waals surface area contributed by atoms with Gasteiger partial charge in [0.1, 0.15) is 0 Å². The second-order valence-corrected chi connectivity index (χ2v) is 7.15. The molecule has 7 nitrogen and oxygen atoms in total. The Morgan fingerprint density at radius 1 is 1.39 bits per heavy atom. The predicted octanol–water partition coefficient (Wildman–Crippen LogP) is 0.573. The van der Waals surface area contributed by atoms with Gasteiger partial charge in [0, 0.05) is 26.1 Å². The molecule has 1 fully saturated rings. The molecule has 0 unspecified atom stereocenters. The third-order valence-electron chi connectivity index (χ3n) is 3.56. The van der Waals surface area contributed by atoms with Gasteiger partial charge in [-0.25, -0.2) is 8.42 Å². The van der Waals surface area contributed by atoms with Crippen molar-refractivity contribution in [2.45, 2.75) is 6.42 Å². The van der Waals surface area contributed by atoms with Crippen molar-refractivity contribution in [2.24, 2.45) is 0 Å². The van der Waals surface area contributed by atoms with E-state index in [9.17, 15) is 13.2 Å². The summed E-state index contributed by atoms with van der Waals surface area (Å²) in [4.78, 5) is 13.9. The number of carbonyl (C=O) groups excluding carboxylic acids is 1. The van der Waals surface area contributed by atoms with Crippen LogP contribution in [0.2, 0.25) is 0 Å². The highest BCUT2D eigenvalue weighted by Crippen LogP contribution is 2.19. The van der Waals surface area contributed by atoms with Crippen LogP contribution in [0.3, 0.4) is 0 Å². The summed E-state index contributed by atoms with van der Waals surface area (Å²) >= 11 is 0. The first-order chi connectivity index (χ1) is 10.9. The molecule has 0 atom stereocenters. The number of hydrogen-bond acceptors (Lipinski definition) is 5. The largest absolute Gasteiger partial charge is 0.378 e. The van der Waals surface area contributed by atoms with E-state index in [1.165, 1.54) is 6.07 Å². The molecule has 1 amide bonds. The highest BCUT2D eigenvalue weighted by molar-refractivity contribution is 7.92. The van der Waals surface area contributed by atoms with Crippen LogP contribution in [0.1, 0.15) is 12.0 Å². The van der Waals surface area contributed by atoms with Gasteiger partial charge in [-0.1, -0.05) is 6.07 Å². The fraction of sp³-hybridized carbons (Fsp3) is 0.467. The van der Waals surface area contributed by atoms with E-state index in [0.29, 0.717) is 37.6 Å². The van der Waals surface area contributed by atoms with Crippen molar-refractivity contribution >= 4 is 21.6 Å². The third kappa shape index (κ3) is 4.68. The van der Waals surface area contributed by atoms with Gasteiger partial charge in [-0.15, -0.1) is 0 Å². The summed E-state index contributed by atoms with van der Waals surface area (Å²) in [6.07, 6.45) is 1.18. The molecule has 1 aliphatic heterocycles. The number of ether oxygens (including phenoxy) is 1. The number of morpholine rings is 1. The van der Waals surface area contributed by atoms with Crippen LogP contribution < -0.4 is 4.31 Å². The van der Waals surface area contributed by atoms with E-state index in [0.717, 1.165) is 10.6 Å². The molecule has 8 heteroatoms. The molecule has 1 saturated heterocycles. The van der Waals surface area contributed by atoms with Gasteiger partial charge in [0.2, 0.25) is 15.9 Å². The average molecular weight is 337 g/mol. The van der Waals surface area contributed by atoms with E-state index in [-0.39, 0.29) is 18.9 Å². The Hall–Kier alpha value is -2.11. The average Bonchev–Trinajstić information content (AvgIpc) is 2.54. The summed E-state index contributed by atoms with van der Waals surface area (Å²) in [5.74, 6) is -0.0987. The van der Waals surface area contributed by atoms with Crippen LogP contribution in [0.15, 0.2) is 24.3 Å². The summed E-state index contributed by atoms with van der Waals surface area (Å²) in [5.41, 5.74) is 0.761. The van der Waals surface area contributed by atoms with Gasteiger partial charge < -0.3 is 9.64 Å². The van der Waals surface area contributed by atoms with Crippen molar-refractivity contribution < 1.29 is 17.9 Å². The number of amides is 1. The summed E-state index contributed by atoms with van der Waals surface area (Å²) in [6, 6.07) is 8.31. The van der Waals surface area contributed by atoms with E-state index >= 15 is 0 Å². The van der Waals surface area contributed by atoms with Crippen LogP contribution in [-0.2, 0) is 19.6 Å². The highest BCUT2D eigenvalue weighted by Gasteiger charge is 2.22. The summed E-state index contributed by atoms with van der Waals surface area (Å²) < 4.78 is 30.4. The van der Waals surface area contributed by atoms with Gasteiger partial charge >= 0.3 is 0 Å². The molecule has 0 aromatic heterocycles. The van der Waals surface area contributed by atoms with Crippen molar-refractivity contribution in [1.29, 1.82) is 5.26 Å². The van der Waals surface area contributed by atoms with Crippen LogP contribution >= 0.6 is 0 Å². The zero-order chi connectivity index (χ0) is 16.9. The summed E-state index contributed by atoms with van der Waals surface area (Å²) in [6.45, 7) is 2.12. The summed E-state index contributed by atoms with van der Waals surface area (Å²) in [5, 5.41) is 8.94. The zero-order valence-corrected chi connectivity index (χ0v) is 13.8. The molecule has 0 N–H and O–H groups in total. The van der Waals surface area contributed by atoms with Gasteiger partial charge in [-0.2, -0.15) is 5.26 Å². The molecule has 0 radical (unpaired) electrons. The second kappa shape index (κ2) is 7.44. The molecule has 0 spiro atoms. The lowest BCUT2D eigenvalue weighted by molar-refractivity contribution is -0.134. The Morgan fingerprint density at radius 2 is 2.09 bits per heavy atom. The Balaban J connectivity index is 2.10. The molecular weight excluding hydrogens is 318 g/mol. The molecule has 1 aromatic carbocycles. The maximum atomic E-state index is 12.2. The lowest BCUT2D eigenvalue weighted by atomic mass is 10.2. The van der Waals surface area contributed by atoms with Crippen LogP contribution in [0, 0.1) is 11.3 Å². The van der Waals surface area contributed by atoms with Crippen molar-refractivity contribution in [3.63, 3.8) is 0 Å². The minimum atomic E-state index is -3.54. The molecule has 1 aliphatic rings. The van der Waals surface area contributed by atoms with Crippen LogP contribution in [0.5, 0.6) is 0 Å². The number of nitrogens with zero attached hydrogens (tertiary/aromatic N) is 3.